The summed E-state index contributed by atoms with van der Waals surface area (Å²) in [6, 6.07) is 7.17. The Hall–Kier alpha value is -1.88. The lowest BCUT2D eigenvalue weighted by Gasteiger charge is -2.22. The Morgan fingerprint density at radius 3 is 2.63 bits per heavy atom. The molecule has 1 aliphatic heterocycles. The summed E-state index contributed by atoms with van der Waals surface area (Å²) in [5.74, 6) is -0.0645. The van der Waals surface area contributed by atoms with E-state index in [1.54, 1.807) is 18.2 Å². The van der Waals surface area contributed by atoms with Gasteiger partial charge in [-0.3, -0.25) is 9.59 Å². The van der Waals surface area contributed by atoms with Gasteiger partial charge in [0.2, 0.25) is 11.8 Å². The minimum absolute atomic E-state index is 0.0261. The number of rotatable bonds is 3. The first-order chi connectivity index (χ1) is 9.15. The van der Waals surface area contributed by atoms with Gasteiger partial charge >= 0.3 is 0 Å². The number of hydrogen-bond donors (Lipinski definition) is 3. The average molecular weight is 261 g/mol. The van der Waals surface area contributed by atoms with Crippen molar-refractivity contribution in [3.05, 3.63) is 24.3 Å². The van der Waals surface area contributed by atoms with Crippen LogP contribution in [0, 0.1) is 5.92 Å². The second-order valence-corrected chi connectivity index (χ2v) is 4.79. The van der Waals surface area contributed by atoms with Gasteiger partial charge in [0.25, 0.3) is 0 Å². The van der Waals surface area contributed by atoms with E-state index in [0.29, 0.717) is 11.4 Å². The number of piperidine rings is 1. The van der Waals surface area contributed by atoms with E-state index in [9.17, 15) is 9.59 Å². The van der Waals surface area contributed by atoms with Gasteiger partial charge in [-0.25, -0.2) is 0 Å². The maximum Gasteiger partial charge on any atom is 0.228 e. The second-order valence-electron chi connectivity index (χ2n) is 4.79. The van der Waals surface area contributed by atoms with Gasteiger partial charge in [-0.15, -0.1) is 0 Å². The van der Waals surface area contributed by atoms with E-state index in [1.165, 1.54) is 6.92 Å². The highest BCUT2D eigenvalue weighted by molar-refractivity contribution is 5.94. The van der Waals surface area contributed by atoms with E-state index >= 15 is 0 Å². The molecule has 0 spiro atoms. The SMILES string of the molecule is CC(=O)Nc1cccc(NC(=O)C2CCCNC2)c1. The van der Waals surface area contributed by atoms with E-state index in [2.05, 4.69) is 16.0 Å². The Kier molecular flexibility index (Phi) is 4.52. The number of anilines is 2. The molecule has 1 aromatic carbocycles. The molecule has 5 nitrogen and oxygen atoms in total. The second kappa shape index (κ2) is 6.33. The molecule has 0 aromatic heterocycles. The first-order valence-corrected chi connectivity index (χ1v) is 6.54. The van der Waals surface area contributed by atoms with Crippen LogP contribution in [0.25, 0.3) is 0 Å². The summed E-state index contributed by atoms with van der Waals surface area (Å²) in [6.45, 7) is 3.18. The Balaban J connectivity index is 1.97. The molecule has 1 aromatic rings. The summed E-state index contributed by atoms with van der Waals surface area (Å²) in [6.07, 6.45) is 1.95. The van der Waals surface area contributed by atoms with Crippen LogP contribution >= 0.6 is 0 Å². The van der Waals surface area contributed by atoms with E-state index in [-0.39, 0.29) is 17.7 Å². The molecule has 0 aliphatic carbocycles. The first-order valence-electron chi connectivity index (χ1n) is 6.54. The van der Waals surface area contributed by atoms with Crippen molar-refractivity contribution in [2.24, 2.45) is 5.92 Å². The van der Waals surface area contributed by atoms with Crippen LogP contribution in [0.2, 0.25) is 0 Å². The van der Waals surface area contributed by atoms with Gasteiger partial charge in [0.05, 0.1) is 5.92 Å². The van der Waals surface area contributed by atoms with Crippen molar-refractivity contribution in [1.29, 1.82) is 0 Å². The number of carbonyl (C=O) groups excluding carboxylic acids is 2. The van der Waals surface area contributed by atoms with Crippen molar-refractivity contribution in [3.63, 3.8) is 0 Å². The zero-order valence-corrected chi connectivity index (χ0v) is 11.0. The molecule has 0 bridgehead atoms. The zero-order valence-electron chi connectivity index (χ0n) is 11.0. The molecule has 1 heterocycles. The fraction of sp³-hybridized carbons (Fsp3) is 0.429. The van der Waals surface area contributed by atoms with Crippen LogP contribution in [0.3, 0.4) is 0 Å². The Bertz CT molecular complexity index is 468. The Morgan fingerprint density at radius 2 is 2.00 bits per heavy atom. The molecule has 2 amide bonds. The van der Waals surface area contributed by atoms with Crippen molar-refractivity contribution < 1.29 is 9.59 Å². The van der Waals surface area contributed by atoms with E-state index in [4.69, 9.17) is 0 Å². The van der Waals surface area contributed by atoms with Crippen LogP contribution in [0.15, 0.2) is 24.3 Å². The molecular weight excluding hydrogens is 242 g/mol. The maximum atomic E-state index is 12.1. The largest absolute Gasteiger partial charge is 0.326 e. The number of hydrogen-bond acceptors (Lipinski definition) is 3. The summed E-state index contributed by atoms with van der Waals surface area (Å²) in [4.78, 5) is 23.0. The van der Waals surface area contributed by atoms with Gasteiger partial charge < -0.3 is 16.0 Å². The number of nitrogens with one attached hydrogen (secondary N) is 3. The molecule has 102 valence electrons. The predicted molar refractivity (Wildman–Crippen MR) is 75.0 cm³/mol. The molecule has 5 heteroatoms. The smallest absolute Gasteiger partial charge is 0.228 e. The molecule has 3 N–H and O–H groups in total. The molecule has 1 unspecified atom stereocenters. The number of carbonyl (C=O) groups is 2. The van der Waals surface area contributed by atoms with Crippen molar-refractivity contribution in [1.82, 2.24) is 5.32 Å². The van der Waals surface area contributed by atoms with Gasteiger partial charge in [0, 0.05) is 24.8 Å². The molecule has 1 aliphatic rings. The molecule has 19 heavy (non-hydrogen) atoms. The molecule has 1 fully saturated rings. The van der Waals surface area contributed by atoms with Crippen LogP contribution in [0.1, 0.15) is 19.8 Å². The lowest BCUT2D eigenvalue weighted by atomic mass is 9.99. The zero-order chi connectivity index (χ0) is 13.7. The quantitative estimate of drug-likeness (QED) is 0.773. The van der Waals surface area contributed by atoms with Gasteiger partial charge in [-0.05, 0) is 37.6 Å². The molecular formula is C14H19N3O2. The third-order valence-corrected chi connectivity index (χ3v) is 3.12. The topological polar surface area (TPSA) is 70.2 Å². The molecule has 1 atom stereocenters. The van der Waals surface area contributed by atoms with Crippen LogP contribution in [0.4, 0.5) is 11.4 Å². The van der Waals surface area contributed by atoms with Gasteiger partial charge in [0.15, 0.2) is 0 Å². The van der Waals surface area contributed by atoms with Gasteiger partial charge in [-0.2, -0.15) is 0 Å². The minimum Gasteiger partial charge on any atom is -0.326 e. The average Bonchev–Trinajstić information content (AvgIpc) is 2.39. The maximum absolute atomic E-state index is 12.1. The Labute approximate surface area is 112 Å². The summed E-state index contributed by atoms with van der Waals surface area (Å²) in [5, 5.41) is 8.81. The summed E-state index contributed by atoms with van der Waals surface area (Å²) in [5.41, 5.74) is 1.40. The predicted octanol–water partition coefficient (Wildman–Crippen LogP) is 1.58. The van der Waals surface area contributed by atoms with E-state index in [0.717, 1.165) is 25.9 Å². The normalized spacial score (nSPS) is 18.7. The standard InChI is InChI=1S/C14H19N3O2/c1-10(18)16-12-5-2-6-13(8-12)17-14(19)11-4-3-7-15-9-11/h2,5-6,8,11,15H,3-4,7,9H2,1H3,(H,16,18)(H,17,19). The highest BCUT2D eigenvalue weighted by atomic mass is 16.2. The summed E-state index contributed by atoms with van der Waals surface area (Å²) >= 11 is 0. The van der Waals surface area contributed by atoms with Crippen molar-refractivity contribution >= 4 is 23.2 Å². The fourth-order valence-corrected chi connectivity index (χ4v) is 2.20. The lowest BCUT2D eigenvalue weighted by molar-refractivity contribution is -0.120. The van der Waals surface area contributed by atoms with Crippen LogP contribution in [-0.4, -0.2) is 24.9 Å². The molecule has 1 saturated heterocycles. The van der Waals surface area contributed by atoms with E-state index < -0.39 is 0 Å². The number of amides is 2. The molecule has 0 saturated carbocycles. The third kappa shape index (κ3) is 4.06. The lowest BCUT2D eigenvalue weighted by Crippen LogP contribution is -2.37. The fourth-order valence-electron chi connectivity index (χ4n) is 2.20. The van der Waals surface area contributed by atoms with Crippen LogP contribution in [-0.2, 0) is 9.59 Å². The highest BCUT2D eigenvalue weighted by Gasteiger charge is 2.20. The van der Waals surface area contributed by atoms with Crippen LogP contribution < -0.4 is 16.0 Å². The summed E-state index contributed by atoms with van der Waals surface area (Å²) < 4.78 is 0. The first kappa shape index (κ1) is 13.5. The van der Waals surface area contributed by atoms with Crippen LogP contribution in [0.5, 0.6) is 0 Å². The van der Waals surface area contributed by atoms with Gasteiger partial charge in [0.1, 0.15) is 0 Å². The van der Waals surface area contributed by atoms with Crippen molar-refractivity contribution in [2.45, 2.75) is 19.8 Å². The van der Waals surface area contributed by atoms with Crippen molar-refractivity contribution in [3.8, 4) is 0 Å². The molecule has 2 rings (SSSR count). The summed E-state index contributed by atoms with van der Waals surface area (Å²) in [7, 11) is 0. The number of benzene rings is 1. The monoisotopic (exact) mass is 261 g/mol. The third-order valence-electron chi connectivity index (χ3n) is 3.12. The van der Waals surface area contributed by atoms with Crippen molar-refractivity contribution in [2.75, 3.05) is 23.7 Å². The minimum atomic E-state index is -0.125. The highest BCUT2D eigenvalue weighted by Crippen LogP contribution is 2.17. The van der Waals surface area contributed by atoms with Gasteiger partial charge in [-0.1, -0.05) is 6.07 Å². The Morgan fingerprint density at radius 1 is 1.26 bits per heavy atom. The molecule has 0 radical (unpaired) electrons. The van der Waals surface area contributed by atoms with E-state index in [1.807, 2.05) is 6.07 Å².